The fourth-order valence-corrected chi connectivity index (χ4v) is 4.20. The number of urea groups is 1. The highest BCUT2D eigenvalue weighted by molar-refractivity contribution is 5.89. The van der Waals surface area contributed by atoms with Crippen LogP contribution in [0.3, 0.4) is 0 Å². The lowest BCUT2D eigenvalue weighted by molar-refractivity contribution is -0.125. The Kier molecular flexibility index (Phi) is 9.74. The van der Waals surface area contributed by atoms with Crippen molar-refractivity contribution in [1.29, 1.82) is 0 Å². The van der Waals surface area contributed by atoms with Crippen molar-refractivity contribution in [3.63, 3.8) is 0 Å². The van der Waals surface area contributed by atoms with Gasteiger partial charge in [-0.25, -0.2) is 4.79 Å². The standard InChI is InChI=1S/C28H36N4O4/c1-4-30(5-2)24-12-8-22(9-13-24)6-7-23-10-14-25(15-11-23)31-16-18-32(19-17-31)28(36)29-27(21(3)34)26(35)20-33/h8-15,21,27,33-34H,4-5,16-20H2,1-3H3,(H,29,36)/t21-,27+/m1/s1. The molecule has 0 aliphatic carbocycles. The zero-order valence-electron chi connectivity index (χ0n) is 21.3. The van der Waals surface area contributed by atoms with Crippen molar-refractivity contribution in [2.24, 2.45) is 0 Å². The van der Waals surface area contributed by atoms with Crippen LogP contribution >= 0.6 is 0 Å². The van der Waals surface area contributed by atoms with E-state index in [-0.39, 0.29) is 0 Å². The molecule has 3 rings (SSSR count). The summed E-state index contributed by atoms with van der Waals surface area (Å²) < 4.78 is 0. The number of hydrogen-bond acceptors (Lipinski definition) is 6. The molecule has 36 heavy (non-hydrogen) atoms. The van der Waals surface area contributed by atoms with Crippen LogP contribution in [0.5, 0.6) is 0 Å². The number of amides is 2. The van der Waals surface area contributed by atoms with E-state index in [2.05, 4.69) is 52.9 Å². The van der Waals surface area contributed by atoms with Crippen LogP contribution in [-0.2, 0) is 4.79 Å². The van der Waals surface area contributed by atoms with Crippen LogP contribution in [-0.4, -0.2) is 84.9 Å². The summed E-state index contributed by atoms with van der Waals surface area (Å²) in [5, 5.41) is 21.3. The molecule has 0 unspecified atom stereocenters. The molecule has 0 saturated carbocycles. The molecular formula is C28H36N4O4. The van der Waals surface area contributed by atoms with Crippen LogP contribution in [0.15, 0.2) is 48.5 Å². The van der Waals surface area contributed by atoms with E-state index >= 15 is 0 Å². The molecule has 1 saturated heterocycles. The van der Waals surface area contributed by atoms with Crippen molar-refractivity contribution >= 4 is 23.2 Å². The predicted octanol–water partition coefficient (Wildman–Crippen LogP) is 2.07. The topological polar surface area (TPSA) is 96.4 Å². The van der Waals surface area contributed by atoms with Gasteiger partial charge in [-0.05, 0) is 69.3 Å². The maximum absolute atomic E-state index is 12.5. The Morgan fingerprint density at radius 2 is 1.47 bits per heavy atom. The van der Waals surface area contributed by atoms with Gasteiger partial charge in [0.1, 0.15) is 12.6 Å². The molecule has 0 spiro atoms. The maximum Gasteiger partial charge on any atom is 0.318 e. The second-order valence-corrected chi connectivity index (χ2v) is 8.78. The summed E-state index contributed by atoms with van der Waals surface area (Å²) in [6.45, 7) is 9.18. The summed E-state index contributed by atoms with van der Waals surface area (Å²) in [4.78, 5) is 30.4. The van der Waals surface area contributed by atoms with Crippen LogP contribution in [0, 0.1) is 11.8 Å². The number of benzene rings is 2. The highest BCUT2D eigenvalue weighted by atomic mass is 16.3. The van der Waals surface area contributed by atoms with Gasteiger partial charge in [0.25, 0.3) is 0 Å². The summed E-state index contributed by atoms with van der Waals surface area (Å²) in [5.74, 6) is 5.83. The first-order valence-electron chi connectivity index (χ1n) is 12.4. The molecule has 2 atom stereocenters. The van der Waals surface area contributed by atoms with E-state index in [1.807, 2.05) is 36.4 Å². The first-order valence-corrected chi connectivity index (χ1v) is 12.4. The number of carbonyl (C=O) groups is 2. The molecule has 0 aromatic heterocycles. The number of nitrogens with zero attached hydrogens (tertiary/aromatic N) is 3. The van der Waals surface area contributed by atoms with E-state index in [0.717, 1.165) is 29.9 Å². The minimum Gasteiger partial charge on any atom is -0.391 e. The number of hydrogen-bond donors (Lipinski definition) is 3. The molecule has 8 nitrogen and oxygen atoms in total. The lowest BCUT2D eigenvalue weighted by Gasteiger charge is -2.36. The third-order valence-corrected chi connectivity index (χ3v) is 6.41. The molecule has 1 heterocycles. The van der Waals surface area contributed by atoms with Gasteiger partial charge in [0, 0.05) is 61.8 Å². The van der Waals surface area contributed by atoms with Crippen molar-refractivity contribution in [2.45, 2.75) is 32.9 Å². The average Bonchev–Trinajstić information content (AvgIpc) is 2.91. The monoisotopic (exact) mass is 492 g/mol. The average molecular weight is 493 g/mol. The lowest BCUT2D eigenvalue weighted by atomic mass is 10.1. The molecule has 0 bridgehead atoms. The molecule has 1 fully saturated rings. The first kappa shape index (κ1) is 27.1. The first-order chi connectivity index (χ1) is 17.4. The van der Waals surface area contributed by atoms with E-state index in [4.69, 9.17) is 5.11 Å². The van der Waals surface area contributed by atoms with E-state index in [0.29, 0.717) is 26.2 Å². The highest BCUT2D eigenvalue weighted by Gasteiger charge is 2.28. The van der Waals surface area contributed by atoms with Crippen LogP contribution in [0.25, 0.3) is 0 Å². The van der Waals surface area contributed by atoms with Gasteiger partial charge in [-0.1, -0.05) is 11.8 Å². The van der Waals surface area contributed by atoms with Gasteiger partial charge in [0.05, 0.1) is 6.10 Å². The number of ketones is 1. The van der Waals surface area contributed by atoms with Crippen molar-refractivity contribution in [3.05, 3.63) is 59.7 Å². The third kappa shape index (κ3) is 7.00. The summed E-state index contributed by atoms with van der Waals surface area (Å²) in [6, 6.07) is 14.8. The fraction of sp³-hybridized carbons (Fsp3) is 0.429. The smallest absolute Gasteiger partial charge is 0.318 e. The van der Waals surface area contributed by atoms with Gasteiger partial charge in [0.15, 0.2) is 5.78 Å². The Morgan fingerprint density at radius 3 is 1.94 bits per heavy atom. The second kappa shape index (κ2) is 13.0. The zero-order valence-corrected chi connectivity index (χ0v) is 21.3. The number of rotatable bonds is 8. The maximum atomic E-state index is 12.5. The quantitative estimate of drug-likeness (QED) is 0.489. The number of aliphatic hydroxyl groups excluding tert-OH is 2. The number of piperazine rings is 1. The molecule has 192 valence electrons. The Hall–Kier alpha value is -3.54. The van der Waals surface area contributed by atoms with E-state index in [9.17, 15) is 14.7 Å². The van der Waals surface area contributed by atoms with Gasteiger partial charge in [-0.2, -0.15) is 0 Å². The summed E-state index contributed by atoms with van der Waals surface area (Å²) in [7, 11) is 0. The molecule has 8 heteroatoms. The number of carbonyl (C=O) groups excluding carboxylic acids is 2. The summed E-state index contributed by atoms with van der Waals surface area (Å²) in [6.07, 6.45) is -1.08. The van der Waals surface area contributed by atoms with Gasteiger partial charge >= 0.3 is 6.03 Å². The molecule has 0 radical (unpaired) electrons. The summed E-state index contributed by atoms with van der Waals surface area (Å²) in [5.41, 5.74) is 4.17. The van der Waals surface area contributed by atoms with Gasteiger partial charge in [0.2, 0.25) is 0 Å². The molecule has 1 aliphatic rings. The molecule has 2 amide bonds. The summed E-state index contributed by atoms with van der Waals surface area (Å²) >= 11 is 0. The third-order valence-electron chi connectivity index (χ3n) is 6.41. The number of Topliss-reactive ketones (excluding diaryl/α,β-unsaturated/α-hetero) is 1. The van der Waals surface area contributed by atoms with Crippen molar-refractivity contribution in [3.8, 4) is 11.8 Å². The Morgan fingerprint density at radius 1 is 0.944 bits per heavy atom. The zero-order chi connectivity index (χ0) is 26.1. The van der Waals surface area contributed by atoms with E-state index in [1.54, 1.807) is 4.90 Å². The van der Waals surface area contributed by atoms with E-state index < -0.39 is 30.6 Å². The van der Waals surface area contributed by atoms with Gasteiger partial charge in [-0.3, -0.25) is 4.79 Å². The molecular weight excluding hydrogens is 456 g/mol. The normalized spacial score (nSPS) is 14.9. The number of aliphatic hydroxyl groups is 2. The molecule has 1 aliphatic heterocycles. The van der Waals surface area contributed by atoms with Crippen LogP contribution in [0.4, 0.5) is 16.2 Å². The minimum atomic E-state index is -1.12. The molecule has 3 N–H and O–H groups in total. The number of anilines is 2. The fourth-order valence-electron chi connectivity index (χ4n) is 4.20. The predicted molar refractivity (Wildman–Crippen MR) is 142 cm³/mol. The Balaban J connectivity index is 1.54. The molecule has 2 aromatic carbocycles. The SMILES string of the molecule is CCN(CC)c1ccc(C#Cc2ccc(N3CCN(C(=O)N[C@H](C(=O)CO)[C@@H](C)O)CC3)cc2)cc1. The van der Waals surface area contributed by atoms with Gasteiger partial charge in [-0.15, -0.1) is 0 Å². The lowest BCUT2D eigenvalue weighted by Crippen LogP contribution is -2.57. The van der Waals surface area contributed by atoms with Crippen LogP contribution in [0.2, 0.25) is 0 Å². The second-order valence-electron chi connectivity index (χ2n) is 8.78. The van der Waals surface area contributed by atoms with Crippen LogP contribution < -0.4 is 15.1 Å². The van der Waals surface area contributed by atoms with Gasteiger partial charge < -0.3 is 30.2 Å². The Bertz CT molecular complexity index is 1060. The van der Waals surface area contributed by atoms with E-state index in [1.165, 1.54) is 12.6 Å². The van der Waals surface area contributed by atoms with Crippen molar-refractivity contribution in [1.82, 2.24) is 10.2 Å². The molecule has 2 aromatic rings. The minimum absolute atomic E-state index is 0.418. The van der Waals surface area contributed by atoms with Crippen molar-refractivity contribution in [2.75, 3.05) is 55.7 Å². The highest BCUT2D eigenvalue weighted by Crippen LogP contribution is 2.18. The Labute approximate surface area is 213 Å². The van der Waals surface area contributed by atoms with Crippen molar-refractivity contribution < 1.29 is 19.8 Å². The number of nitrogens with one attached hydrogen (secondary N) is 1. The largest absolute Gasteiger partial charge is 0.391 e. The van der Waals surface area contributed by atoms with Crippen LogP contribution in [0.1, 0.15) is 31.9 Å².